The molecule has 0 aromatic carbocycles. The van der Waals surface area contributed by atoms with Crippen molar-refractivity contribution in [2.75, 3.05) is 20.1 Å². The summed E-state index contributed by atoms with van der Waals surface area (Å²) >= 11 is 0. The molecule has 0 radical (unpaired) electrons. The summed E-state index contributed by atoms with van der Waals surface area (Å²) in [5.41, 5.74) is -0.240. The van der Waals surface area contributed by atoms with E-state index < -0.39 is 0 Å². The molecule has 0 aliphatic heterocycles. The van der Waals surface area contributed by atoms with E-state index >= 15 is 0 Å². The number of hydrogen-bond acceptors (Lipinski definition) is 3. The van der Waals surface area contributed by atoms with Gasteiger partial charge in [0.15, 0.2) is 0 Å². The third-order valence-electron chi connectivity index (χ3n) is 5.17. The molecule has 2 amide bonds. The van der Waals surface area contributed by atoms with Crippen LogP contribution < -0.4 is 10.6 Å². The van der Waals surface area contributed by atoms with Crippen molar-refractivity contribution >= 4 is 11.8 Å². The first kappa shape index (κ1) is 18.2. The second kappa shape index (κ2) is 7.20. The summed E-state index contributed by atoms with van der Waals surface area (Å²) in [6.45, 7) is 8.50. The Morgan fingerprint density at radius 1 is 1.13 bits per heavy atom. The topological polar surface area (TPSA) is 61.4 Å². The Hall–Kier alpha value is -1.10. The molecule has 0 heterocycles. The van der Waals surface area contributed by atoms with Gasteiger partial charge in [-0.25, -0.2) is 0 Å². The summed E-state index contributed by atoms with van der Waals surface area (Å²) in [4.78, 5) is 25.9. The molecule has 0 aromatic heterocycles. The van der Waals surface area contributed by atoms with Gasteiger partial charge in [0.1, 0.15) is 0 Å². The smallest absolute Gasteiger partial charge is 0.234 e. The van der Waals surface area contributed by atoms with Crippen molar-refractivity contribution in [1.29, 1.82) is 0 Å². The number of nitrogens with one attached hydrogen (secondary N) is 2. The fourth-order valence-corrected chi connectivity index (χ4v) is 4.32. The highest BCUT2D eigenvalue weighted by Crippen LogP contribution is 2.49. The fraction of sp³-hybridized carbons (Fsp3) is 0.889. The van der Waals surface area contributed by atoms with Crippen molar-refractivity contribution in [1.82, 2.24) is 15.5 Å². The molecule has 5 nitrogen and oxygen atoms in total. The third-order valence-corrected chi connectivity index (χ3v) is 5.17. The van der Waals surface area contributed by atoms with E-state index in [4.69, 9.17) is 0 Å². The number of fused-ring (bicyclic) bond motifs is 2. The molecule has 2 rings (SSSR count). The van der Waals surface area contributed by atoms with Crippen molar-refractivity contribution in [2.45, 2.75) is 65.0 Å². The van der Waals surface area contributed by atoms with Gasteiger partial charge in [0.05, 0.1) is 13.1 Å². The van der Waals surface area contributed by atoms with Crippen LogP contribution in [-0.4, -0.2) is 48.4 Å². The number of amides is 2. The predicted molar refractivity (Wildman–Crippen MR) is 91.9 cm³/mol. The second-order valence-electron chi connectivity index (χ2n) is 8.67. The lowest BCUT2D eigenvalue weighted by Crippen LogP contribution is -2.48. The Kier molecular flexibility index (Phi) is 5.71. The molecule has 2 saturated carbocycles. The molecule has 2 bridgehead atoms. The maximum atomic E-state index is 12.2. The zero-order valence-corrected chi connectivity index (χ0v) is 15.3. The molecule has 2 aliphatic rings. The molecule has 4 unspecified atom stereocenters. The van der Waals surface area contributed by atoms with Gasteiger partial charge in [-0.1, -0.05) is 6.42 Å². The molecule has 2 aliphatic carbocycles. The second-order valence-corrected chi connectivity index (χ2v) is 8.67. The van der Waals surface area contributed by atoms with E-state index in [0.717, 1.165) is 11.8 Å². The largest absolute Gasteiger partial charge is 0.352 e. The minimum absolute atomic E-state index is 0.0198. The van der Waals surface area contributed by atoms with Gasteiger partial charge in [-0.3, -0.25) is 14.5 Å². The van der Waals surface area contributed by atoms with E-state index in [2.05, 4.69) is 17.6 Å². The first-order chi connectivity index (χ1) is 10.6. The summed E-state index contributed by atoms with van der Waals surface area (Å²) in [5, 5.41) is 6.06. The Bertz CT molecular complexity index is 444. The number of nitrogens with zero attached hydrogens (tertiary/aromatic N) is 1. The lowest BCUT2D eigenvalue weighted by atomic mass is 9.84. The summed E-state index contributed by atoms with van der Waals surface area (Å²) in [6, 6.07) is 0.245. The van der Waals surface area contributed by atoms with Gasteiger partial charge in [0.25, 0.3) is 0 Å². The van der Waals surface area contributed by atoms with Crippen molar-refractivity contribution < 1.29 is 9.59 Å². The van der Waals surface area contributed by atoms with Crippen LogP contribution in [0.4, 0.5) is 0 Å². The Morgan fingerprint density at radius 2 is 1.78 bits per heavy atom. The number of likely N-dealkylation sites (N-methyl/N-ethyl adjacent to an activating group) is 1. The highest BCUT2D eigenvalue weighted by molar-refractivity contribution is 5.81. The molecule has 0 aromatic rings. The average molecular weight is 323 g/mol. The van der Waals surface area contributed by atoms with E-state index in [1.807, 2.05) is 27.8 Å². The molecule has 2 N–H and O–H groups in total. The molecule has 0 saturated heterocycles. The van der Waals surface area contributed by atoms with Crippen molar-refractivity contribution in [3.05, 3.63) is 0 Å². The lowest BCUT2D eigenvalue weighted by molar-refractivity contribution is -0.125. The molecule has 132 valence electrons. The van der Waals surface area contributed by atoms with Crippen LogP contribution in [0.25, 0.3) is 0 Å². The zero-order chi connectivity index (χ0) is 17.2. The first-order valence-electron chi connectivity index (χ1n) is 8.93. The lowest BCUT2D eigenvalue weighted by Gasteiger charge is -2.29. The zero-order valence-electron chi connectivity index (χ0n) is 15.3. The fourth-order valence-electron chi connectivity index (χ4n) is 4.32. The predicted octanol–water partition coefficient (Wildman–Crippen LogP) is 1.77. The van der Waals surface area contributed by atoms with Crippen LogP contribution >= 0.6 is 0 Å². The molecule has 23 heavy (non-hydrogen) atoms. The quantitative estimate of drug-likeness (QED) is 0.783. The molecule has 5 heteroatoms. The van der Waals surface area contributed by atoms with E-state index in [0.29, 0.717) is 5.92 Å². The third kappa shape index (κ3) is 5.48. The van der Waals surface area contributed by atoms with Crippen LogP contribution in [0, 0.1) is 17.8 Å². The van der Waals surface area contributed by atoms with E-state index in [9.17, 15) is 9.59 Å². The Labute approximate surface area is 140 Å². The van der Waals surface area contributed by atoms with E-state index in [1.165, 1.54) is 25.7 Å². The van der Waals surface area contributed by atoms with Gasteiger partial charge in [-0.2, -0.15) is 0 Å². The first-order valence-corrected chi connectivity index (χ1v) is 8.93. The average Bonchev–Trinajstić information content (AvgIpc) is 2.97. The van der Waals surface area contributed by atoms with Gasteiger partial charge < -0.3 is 10.6 Å². The SMILES string of the molecule is CC(NC(=O)CN(C)CC(=O)NC(C)(C)C)C1CC2CCC1C2. The number of rotatable bonds is 6. The van der Waals surface area contributed by atoms with E-state index in [-0.39, 0.29) is 36.5 Å². The highest BCUT2D eigenvalue weighted by atomic mass is 16.2. The highest BCUT2D eigenvalue weighted by Gasteiger charge is 2.42. The minimum atomic E-state index is -0.240. The normalized spacial score (nSPS) is 28.0. The molecular weight excluding hydrogens is 290 g/mol. The van der Waals surface area contributed by atoms with Gasteiger partial charge in [-0.05, 0) is 71.8 Å². The molecular formula is C18H33N3O2. The number of carbonyl (C=O) groups is 2. The molecule has 4 atom stereocenters. The molecule has 2 fully saturated rings. The summed E-state index contributed by atoms with van der Waals surface area (Å²) in [5.74, 6) is 2.33. The summed E-state index contributed by atoms with van der Waals surface area (Å²) in [7, 11) is 1.81. The maximum Gasteiger partial charge on any atom is 0.234 e. The standard InChI is InChI=1S/C18H33N3O2/c1-12(15-9-13-6-7-14(15)8-13)19-16(22)10-21(5)11-17(23)20-18(2,3)4/h12-15H,6-11H2,1-5H3,(H,19,22)(H,20,23). The Morgan fingerprint density at radius 3 is 2.30 bits per heavy atom. The summed E-state index contributed by atoms with van der Waals surface area (Å²) in [6.07, 6.45) is 5.35. The van der Waals surface area contributed by atoms with E-state index in [1.54, 1.807) is 4.90 Å². The van der Waals surface area contributed by atoms with Crippen LogP contribution in [0.2, 0.25) is 0 Å². The van der Waals surface area contributed by atoms with Crippen molar-refractivity contribution in [2.24, 2.45) is 17.8 Å². The Balaban J connectivity index is 1.70. The van der Waals surface area contributed by atoms with Crippen LogP contribution in [0.1, 0.15) is 53.4 Å². The van der Waals surface area contributed by atoms with Gasteiger partial charge in [0.2, 0.25) is 11.8 Å². The number of carbonyl (C=O) groups excluding carboxylic acids is 2. The van der Waals surface area contributed by atoms with Crippen LogP contribution in [0.15, 0.2) is 0 Å². The van der Waals surface area contributed by atoms with Crippen LogP contribution in [0.3, 0.4) is 0 Å². The summed E-state index contributed by atoms with van der Waals surface area (Å²) < 4.78 is 0. The number of hydrogen-bond donors (Lipinski definition) is 2. The van der Waals surface area contributed by atoms with Gasteiger partial charge in [-0.15, -0.1) is 0 Å². The monoisotopic (exact) mass is 323 g/mol. The van der Waals surface area contributed by atoms with Gasteiger partial charge in [0, 0.05) is 11.6 Å². The van der Waals surface area contributed by atoms with Crippen LogP contribution in [-0.2, 0) is 9.59 Å². The van der Waals surface area contributed by atoms with Crippen molar-refractivity contribution in [3.63, 3.8) is 0 Å². The van der Waals surface area contributed by atoms with Gasteiger partial charge >= 0.3 is 0 Å². The maximum absolute atomic E-state index is 12.2. The molecule has 0 spiro atoms. The minimum Gasteiger partial charge on any atom is -0.352 e. The van der Waals surface area contributed by atoms with Crippen LogP contribution in [0.5, 0.6) is 0 Å². The van der Waals surface area contributed by atoms with Crippen molar-refractivity contribution in [3.8, 4) is 0 Å².